The molecule has 88 valence electrons. The minimum atomic E-state index is -0.801. The van der Waals surface area contributed by atoms with E-state index in [-0.39, 0.29) is 12.3 Å². The summed E-state index contributed by atoms with van der Waals surface area (Å²) in [5.41, 5.74) is 0.320. The van der Waals surface area contributed by atoms with Crippen molar-refractivity contribution in [3.63, 3.8) is 0 Å². The van der Waals surface area contributed by atoms with Crippen LogP contribution in [0, 0.1) is 0 Å². The van der Waals surface area contributed by atoms with Crippen molar-refractivity contribution in [2.24, 2.45) is 0 Å². The highest BCUT2D eigenvalue weighted by Crippen LogP contribution is 2.01. The number of amides is 1. The monoisotopic (exact) mass is 261 g/mol. The van der Waals surface area contributed by atoms with E-state index in [0.717, 1.165) is 11.7 Å². The largest absolute Gasteiger partial charge is 0.481 e. The van der Waals surface area contributed by atoms with Crippen molar-refractivity contribution in [3.05, 3.63) is 11.9 Å². The van der Waals surface area contributed by atoms with E-state index in [1.807, 2.05) is 0 Å². The Balaban J connectivity index is 2.03. The summed E-state index contributed by atoms with van der Waals surface area (Å²) in [6.45, 7) is 0.501. The van der Waals surface area contributed by atoms with Crippen molar-refractivity contribution in [2.75, 3.05) is 18.1 Å². The highest BCUT2D eigenvalue weighted by Gasteiger charge is 2.06. The molecule has 1 heterocycles. The van der Waals surface area contributed by atoms with Gasteiger partial charge in [-0.05, 0) is 0 Å². The number of hydrogen-bond donors (Lipinski definition) is 2. The summed E-state index contributed by atoms with van der Waals surface area (Å²) >= 11 is 2.48. The topological polar surface area (TPSA) is 92.2 Å². The Labute approximate surface area is 101 Å². The zero-order chi connectivity index (χ0) is 11.8. The van der Waals surface area contributed by atoms with E-state index in [0.29, 0.717) is 23.7 Å². The molecule has 16 heavy (non-hydrogen) atoms. The average molecular weight is 261 g/mol. The first-order chi connectivity index (χ1) is 7.70. The molecule has 1 rings (SSSR count). The third-order valence-corrected chi connectivity index (χ3v) is 3.05. The third kappa shape index (κ3) is 5.08. The van der Waals surface area contributed by atoms with Crippen LogP contribution in [0.25, 0.3) is 0 Å². The second-order valence-corrected chi connectivity index (χ2v) is 4.59. The van der Waals surface area contributed by atoms with Crippen LogP contribution < -0.4 is 5.32 Å². The Bertz CT molecular complexity index is 342. The lowest BCUT2D eigenvalue weighted by Gasteiger charge is -2.01. The molecule has 0 aliphatic carbocycles. The van der Waals surface area contributed by atoms with Crippen LogP contribution in [-0.2, 0) is 4.79 Å². The number of hydrogen-bond acceptors (Lipinski definition) is 6. The molecular weight excluding hydrogens is 250 g/mol. The average Bonchev–Trinajstić information content (AvgIpc) is 2.75. The van der Waals surface area contributed by atoms with Crippen LogP contribution in [0.3, 0.4) is 0 Å². The van der Waals surface area contributed by atoms with E-state index in [1.165, 1.54) is 18.0 Å². The smallest absolute Gasteiger partial charge is 0.304 e. The molecule has 0 atom stereocenters. The quantitative estimate of drug-likeness (QED) is 0.693. The number of nitrogens with zero attached hydrogens (tertiary/aromatic N) is 2. The standard InChI is InChI=1S/C8H11N3O3S2/c12-7(13)1-3-15-4-2-9-8(14)6-5-10-16-11-6/h5H,1-4H2,(H,9,14)(H,12,13). The van der Waals surface area contributed by atoms with Gasteiger partial charge in [-0.15, -0.1) is 0 Å². The van der Waals surface area contributed by atoms with Crippen molar-refractivity contribution < 1.29 is 14.7 Å². The minimum Gasteiger partial charge on any atom is -0.481 e. The number of carboxylic acids is 1. The van der Waals surface area contributed by atoms with E-state index < -0.39 is 5.97 Å². The molecule has 0 aliphatic heterocycles. The molecule has 1 amide bonds. The molecule has 6 nitrogen and oxygen atoms in total. The fourth-order valence-corrected chi connectivity index (χ4v) is 2.04. The zero-order valence-electron chi connectivity index (χ0n) is 8.38. The first-order valence-electron chi connectivity index (χ1n) is 4.55. The third-order valence-electron chi connectivity index (χ3n) is 1.59. The predicted octanol–water partition coefficient (Wildman–Crippen LogP) is 0.476. The number of aromatic nitrogens is 2. The number of rotatable bonds is 7. The number of aliphatic carboxylic acids is 1. The van der Waals surface area contributed by atoms with Crippen molar-refractivity contribution in [1.29, 1.82) is 0 Å². The number of nitrogens with one attached hydrogen (secondary N) is 1. The molecule has 0 aromatic carbocycles. The lowest BCUT2D eigenvalue weighted by molar-refractivity contribution is -0.136. The maximum atomic E-state index is 11.3. The molecule has 1 aromatic rings. The highest BCUT2D eigenvalue weighted by molar-refractivity contribution is 7.99. The first kappa shape index (κ1) is 12.9. The lowest BCUT2D eigenvalue weighted by atomic mass is 10.4. The molecule has 0 radical (unpaired) electrons. The van der Waals surface area contributed by atoms with Crippen molar-refractivity contribution in [3.8, 4) is 0 Å². The molecule has 0 fully saturated rings. The normalized spacial score (nSPS) is 10.0. The summed E-state index contributed by atoms with van der Waals surface area (Å²) in [7, 11) is 0. The van der Waals surface area contributed by atoms with Gasteiger partial charge in [0.1, 0.15) is 0 Å². The van der Waals surface area contributed by atoms with E-state index in [9.17, 15) is 9.59 Å². The summed E-state index contributed by atoms with van der Waals surface area (Å²) < 4.78 is 7.51. The molecule has 0 saturated carbocycles. The SMILES string of the molecule is O=C(O)CCSCCNC(=O)c1cnsn1. The van der Waals surface area contributed by atoms with Crippen LogP contribution in [0.2, 0.25) is 0 Å². The summed E-state index contributed by atoms with van der Waals surface area (Å²) in [4.78, 5) is 21.5. The summed E-state index contributed by atoms with van der Waals surface area (Å²) in [6, 6.07) is 0. The first-order valence-corrected chi connectivity index (χ1v) is 6.44. The van der Waals surface area contributed by atoms with Gasteiger partial charge in [0.2, 0.25) is 0 Å². The molecule has 0 spiro atoms. The van der Waals surface area contributed by atoms with Crippen LogP contribution in [0.15, 0.2) is 6.20 Å². The van der Waals surface area contributed by atoms with Crippen molar-refractivity contribution in [2.45, 2.75) is 6.42 Å². The van der Waals surface area contributed by atoms with E-state index >= 15 is 0 Å². The zero-order valence-corrected chi connectivity index (χ0v) is 10.0. The second kappa shape index (κ2) is 7.18. The van der Waals surface area contributed by atoms with Gasteiger partial charge in [0.25, 0.3) is 5.91 Å². The predicted molar refractivity (Wildman–Crippen MR) is 61.8 cm³/mol. The number of thioether (sulfide) groups is 1. The Morgan fingerprint density at radius 3 is 2.94 bits per heavy atom. The van der Waals surface area contributed by atoms with Gasteiger partial charge in [0.05, 0.1) is 24.3 Å². The summed E-state index contributed by atoms with van der Waals surface area (Å²) in [5, 5.41) is 11.1. The van der Waals surface area contributed by atoms with Crippen molar-refractivity contribution in [1.82, 2.24) is 14.1 Å². The number of carboxylic acid groups (broad SMARTS) is 1. The molecular formula is C8H11N3O3S2. The molecule has 8 heteroatoms. The molecule has 0 saturated heterocycles. The maximum Gasteiger partial charge on any atom is 0.304 e. The van der Waals surface area contributed by atoms with Crippen molar-refractivity contribution >= 4 is 35.4 Å². The van der Waals surface area contributed by atoms with Gasteiger partial charge in [-0.25, -0.2) is 0 Å². The van der Waals surface area contributed by atoms with Gasteiger partial charge >= 0.3 is 5.97 Å². The van der Waals surface area contributed by atoms with Crippen LogP contribution in [0.5, 0.6) is 0 Å². The van der Waals surface area contributed by atoms with Crippen LogP contribution >= 0.6 is 23.5 Å². The van der Waals surface area contributed by atoms with E-state index in [2.05, 4.69) is 14.1 Å². The van der Waals surface area contributed by atoms with Crippen LogP contribution in [0.1, 0.15) is 16.9 Å². The summed E-state index contributed by atoms with van der Waals surface area (Å²) in [5.74, 6) is 0.206. The van der Waals surface area contributed by atoms with E-state index in [4.69, 9.17) is 5.11 Å². The van der Waals surface area contributed by atoms with Gasteiger partial charge in [-0.1, -0.05) is 0 Å². The van der Waals surface area contributed by atoms with Gasteiger partial charge in [0, 0.05) is 18.1 Å². The Morgan fingerprint density at radius 1 is 1.50 bits per heavy atom. The fourth-order valence-electron chi connectivity index (χ4n) is 0.854. The lowest BCUT2D eigenvalue weighted by Crippen LogP contribution is -2.26. The summed E-state index contributed by atoms with van der Waals surface area (Å²) in [6.07, 6.45) is 1.56. The van der Waals surface area contributed by atoms with Gasteiger partial charge < -0.3 is 10.4 Å². The van der Waals surface area contributed by atoms with Gasteiger partial charge in [0.15, 0.2) is 5.69 Å². The molecule has 0 bridgehead atoms. The fraction of sp³-hybridized carbons (Fsp3) is 0.500. The second-order valence-electron chi connectivity index (χ2n) is 2.80. The van der Waals surface area contributed by atoms with Gasteiger partial charge in [-0.2, -0.15) is 20.5 Å². The van der Waals surface area contributed by atoms with Crippen LogP contribution in [0.4, 0.5) is 0 Å². The highest BCUT2D eigenvalue weighted by atomic mass is 32.2. The Kier molecular flexibility index (Phi) is 5.79. The van der Waals surface area contributed by atoms with Crippen LogP contribution in [-0.4, -0.2) is 43.8 Å². The van der Waals surface area contributed by atoms with E-state index in [1.54, 1.807) is 0 Å². The molecule has 2 N–H and O–H groups in total. The van der Waals surface area contributed by atoms with Gasteiger partial charge in [-0.3, -0.25) is 9.59 Å². The Hall–Kier alpha value is -1.15. The maximum absolute atomic E-state index is 11.3. The number of carbonyl (C=O) groups is 2. The number of carbonyl (C=O) groups excluding carboxylic acids is 1. The Morgan fingerprint density at radius 2 is 2.31 bits per heavy atom. The minimum absolute atomic E-state index is 0.147. The molecule has 0 unspecified atom stereocenters. The molecule has 0 aliphatic rings. The molecule has 1 aromatic heterocycles.